The molecule has 0 spiro atoms. The Kier molecular flexibility index (Phi) is 8.05. The van der Waals surface area contributed by atoms with E-state index in [1.54, 1.807) is 14.2 Å². The molecule has 4 aliphatic heterocycles. The van der Waals surface area contributed by atoms with Crippen LogP contribution < -0.4 is 14.9 Å². The average molecular weight is 645 g/mol. The Balaban J connectivity index is 1.45. The van der Waals surface area contributed by atoms with Crippen LogP contribution in [0.4, 0.5) is 0 Å². The maximum atomic E-state index is 10.6. The number of quaternary nitrogens is 1. The van der Waals surface area contributed by atoms with E-state index in [2.05, 4.69) is 16.0 Å². The van der Waals surface area contributed by atoms with Gasteiger partial charge in [-0.3, -0.25) is 0 Å². The van der Waals surface area contributed by atoms with Crippen LogP contribution in [0.15, 0.2) is 65.5 Å². The molecule has 10 nitrogen and oxygen atoms in total. The van der Waals surface area contributed by atoms with Gasteiger partial charge in [-0.2, -0.15) is 0 Å². The minimum atomic E-state index is -0.975. The lowest BCUT2D eigenvalue weighted by Gasteiger charge is -2.28. The molecule has 0 saturated carbocycles. The summed E-state index contributed by atoms with van der Waals surface area (Å²) in [5, 5.41) is 10.8. The summed E-state index contributed by atoms with van der Waals surface area (Å²) in [5.74, 6) is 0.869. The summed E-state index contributed by atoms with van der Waals surface area (Å²) < 4.78 is 31.2. The van der Waals surface area contributed by atoms with Gasteiger partial charge in [-0.25, -0.2) is 15.2 Å². The first-order valence-electron chi connectivity index (χ1n) is 11.6. The first kappa shape index (κ1) is 26.0. The van der Waals surface area contributed by atoms with Crippen LogP contribution in [0.3, 0.4) is 0 Å². The highest BCUT2D eigenvalue weighted by Crippen LogP contribution is 2.46. The van der Waals surface area contributed by atoms with Gasteiger partial charge in [0, 0.05) is 12.1 Å². The summed E-state index contributed by atoms with van der Waals surface area (Å²) in [6.07, 6.45) is 8.39. The summed E-state index contributed by atoms with van der Waals surface area (Å²) in [6, 6.07) is 5.71. The third-order valence-corrected chi connectivity index (χ3v) is 8.89. The van der Waals surface area contributed by atoms with Crippen molar-refractivity contribution >= 4 is 42.0 Å². The summed E-state index contributed by atoms with van der Waals surface area (Å²) in [7, 11) is 3.22. The lowest BCUT2D eigenvalue weighted by atomic mass is 10.0. The fraction of sp³-hybridized carbons (Fsp3) is 0.360. The van der Waals surface area contributed by atoms with Gasteiger partial charge in [0.1, 0.15) is 27.7 Å². The topological polar surface area (TPSA) is 107 Å². The molecule has 1 aromatic rings. The molecule has 1 unspecified atom stereocenters. The number of fused-ring (bicyclic) bond motifs is 2. The smallest absolute Gasteiger partial charge is 0.329 e. The van der Waals surface area contributed by atoms with Crippen molar-refractivity contribution in [2.45, 2.75) is 18.1 Å². The maximum absolute atomic E-state index is 10.6. The second-order valence-corrected chi connectivity index (χ2v) is 11.3. The fourth-order valence-corrected chi connectivity index (χ4v) is 7.07. The first-order valence-corrected chi connectivity index (χ1v) is 14.7. The number of carboxylic acid groups (broad SMARTS) is 1. The van der Waals surface area contributed by atoms with Gasteiger partial charge in [0.15, 0.2) is 34.6 Å². The molecular formula is C25H28ClIN3O7+. The molecule has 37 heavy (non-hydrogen) atoms. The van der Waals surface area contributed by atoms with Crippen LogP contribution in [0.5, 0.6) is 11.5 Å². The molecule has 1 aromatic carbocycles. The average Bonchev–Trinajstić information content (AvgIpc) is 3.31. The van der Waals surface area contributed by atoms with Crippen molar-refractivity contribution in [3.8, 4) is 11.5 Å². The van der Waals surface area contributed by atoms with E-state index in [1.165, 1.54) is 0 Å². The minimum absolute atomic E-state index is 0.282. The van der Waals surface area contributed by atoms with Crippen LogP contribution in [-0.4, -0.2) is 68.8 Å². The van der Waals surface area contributed by atoms with Gasteiger partial charge in [-0.05, 0) is 24.6 Å². The largest absolute Gasteiger partial charge is 0.493 e. The van der Waals surface area contributed by atoms with Crippen molar-refractivity contribution in [2.24, 2.45) is 0 Å². The van der Waals surface area contributed by atoms with Crippen LogP contribution in [-0.2, 0) is 19.0 Å². The Morgan fingerprint density at radius 3 is 2.89 bits per heavy atom. The highest BCUT2D eigenvalue weighted by Gasteiger charge is 2.39. The lowest BCUT2D eigenvalue weighted by molar-refractivity contribution is -0.780. The second kappa shape index (κ2) is 11.4. The molecular weight excluding hydrogens is 617 g/mol. The van der Waals surface area contributed by atoms with Gasteiger partial charge in [0.25, 0.3) is 0 Å². The van der Waals surface area contributed by atoms with Crippen molar-refractivity contribution < 1.29 is 39.0 Å². The number of para-hydroxylation sites is 1. The van der Waals surface area contributed by atoms with Crippen molar-refractivity contribution in [1.29, 1.82) is 0 Å². The zero-order valence-corrected chi connectivity index (χ0v) is 23.3. The molecule has 0 aliphatic carbocycles. The number of carboxylic acids is 1. The summed E-state index contributed by atoms with van der Waals surface area (Å²) >= 11 is 5.82. The number of alkyl halides is 2. The summed E-state index contributed by atoms with van der Waals surface area (Å²) in [5.41, 5.74) is 5.14. The van der Waals surface area contributed by atoms with Crippen molar-refractivity contribution in [3.05, 3.63) is 71.0 Å². The SMILES string of the molecule is COc1cccc([C@H]2OC(=ICN3C=C(COCC(=O)O)[NH2+]3)C3=CCCN3C3=C2OC(Cl)C=C3)c1OC. The van der Waals surface area contributed by atoms with E-state index < -0.39 is 38.4 Å². The van der Waals surface area contributed by atoms with Gasteiger partial charge in [0.05, 0.1) is 25.6 Å². The maximum Gasteiger partial charge on any atom is 0.329 e. The Morgan fingerprint density at radius 1 is 1.30 bits per heavy atom. The first-order chi connectivity index (χ1) is 18.0. The van der Waals surface area contributed by atoms with Gasteiger partial charge in [0.2, 0.25) is 0 Å². The molecule has 0 fully saturated rings. The molecule has 0 amide bonds. The predicted molar refractivity (Wildman–Crippen MR) is 144 cm³/mol. The number of benzene rings is 1. The molecule has 0 saturated heterocycles. The van der Waals surface area contributed by atoms with E-state index in [-0.39, 0.29) is 13.2 Å². The van der Waals surface area contributed by atoms with Gasteiger partial charge in [-0.15, -0.1) is 0 Å². The lowest BCUT2D eigenvalue weighted by Crippen LogP contribution is -2.97. The molecule has 3 N–H and O–H groups in total. The number of hydrogen-bond acceptors (Lipinski definition) is 8. The number of allylic oxidation sites excluding steroid dienone is 1. The number of aliphatic carboxylic acids is 1. The molecule has 0 bridgehead atoms. The molecule has 0 aromatic heterocycles. The van der Waals surface area contributed by atoms with E-state index in [4.69, 9.17) is 40.4 Å². The quantitative estimate of drug-likeness (QED) is 0.182. The van der Waals surface area contributed by atoms with Crippen molar-refractivity contribution in [3.63, 3.8) is 0 Å². The molecule has 2 atom stereocenters. The Labute approximate surface area is 229 Å². The molecule has 198 valence electrons. The molecule has 12 heteroatoms. The number of halogens is 2. The highest BCUT2D eigenvalue weighted by atomic mass is 127. The van der Waals surface area contributed by atoms with Crippen molar-refractivity contribution in [1.82, 2.24) is 9.91 Å². The summed E-state index contributed by atoms with van der Waals surface area (Å²) in [6.45, 7) is 0.805. The Hall–Kier alpha value is -2.58. The second-order valence-electron chi connectivity index (χ2n) is 8.45. The van der Waals surface area contributed by atoms with Gasteiger partial charge >= 0.3 is 5.97 Å². The number of methoxy groups -OCH3 is 2. The molecule has 5 rings (SSSR count). The van der Waals surface area contributed by atoms with Gasteiger partial charge in [-0.1, -0.05) is 50.5 Å². The number of nitrogens with zero attached hydrogens (tertiary/aromatic N) is 2. The fourth-order valence-electron chi connectivity index (χ4n) is 4.46. The van der Waals surface area contributed by atoms with Gasteiger partial charge < -0.3 is 33.7 Å². The van der Waals surface area contributed by atoms with E-state index in [0.717, 1.165) is 43.9 Å². The predicted octanol–water partition coefficient (Wildman–Crippen LogP) is 2.52. The summed E-state index contributed by atoms with van der Waals surface area (Å²) in [4.78, 5) is 12.9. The van der Waals surface area contributed by atoms with Crippen LogP contribution in [0.1, 0.15) is 18.1 Å². The molecule has 4 heterocycles. The van der Waals surface area contributed by atoms with Crippen molar-refractivity contribution in [2.75, 3.05) is 38.5 Å². The number of nitrogens with two attached hydrogens (primary N) is 1. The Morgan fingerprint density at radius 2 is 2.14 bits per heavy atom. The monoisotopic (exact) mass is 644 g/mol. The highest BCUT2D eigenvalue weighted by molar-refractivity contribution is 14.2. The number of rotatable bonds is 9. The third-order valence-electron chi connectivity index (χ3n) is 6.02. The van der Waals surface area contributed by atoms with Crippen LogP contribution >= 0.6 is 32.3 Å². The molecule has 4 aliphatic rings. The van der Waals surface area contributed by atoms with Crippen LogP contribution in [0, 0.1) is 0 Å². The number of ether oxygens (including phenoxy) is 5. The van der Waals surface area contributed by atoms with Crippen LogP contribution in [0.25, 0.3) is 0 Å². The van der Waals surface area contributed by atoms with E-state index >= 15 is 0 Å². The Bertz CT molecular complexity index is 1230. The zero-order valence-electron chi connectivity index (χ0n) is 20.4. The minimum Gasteiger partial charge on any atom is -0.493 e. The van der Waals surface area contributed by atoms with E-state index in [1.807, 2.05) is 42.0 Å². The van der Waals surface area contributed by atoms with E-state index in [9.17, 15) is 4.79 Å². The third kappa shape index (κ3) is 5.50. The number of carbonyl (C=O) groups is 1. The van der Waals surface area contributed by atoms with E-state index in [0.29, 0.717) is 17.3 Å². The normalized spacial score (nSPS) is 23.7. The standard InChI is InChI=1S/C25H27ClIN3O7/c1-33-19-7-3-5-16(22(19)34-2)23-24-17(8-9-20(26)36-24)30-10-4-6-18(30)25(37-23)27-14-29-11-15(28-29)12-35-13-21(31)32/h3,5-9,11,20,23,28H,4,10,12-14H2,1-2H3,(H,31,32)/p+1/t20?,23-/m1/s1. The van der Waals surface area contributed by atoms with Crippen LogP contribution in [0.2, 0.25) is 0 Å². The zero-order chi connectivity index (χ0) is 25.9. The molecule has 0 radical (unpaired) electrons. The number of hydrogen-bond donors (Lipinski definition) is 2.